The third kappa shape index (κ3) is 3.61. The van der Waals surface area contributed by atoms with Gasteiger partial charge in [-0.15, -0.1) is 0 Å². The third-order valence-electron chi connectivity index (χ3n) is 2.24. The van der Waals surface area contributed by atoms with Gasteiger partial charge >= 0.3 is 0 Å². The van der Waals surface area contributed by atoms with Gasteiger partial charge in [0.25, 0.3) is 0 Å². The minimum Gasteiger partial charge on any atom is -0.347 e. The van der Waals surface area contributed by atoms with Crippen molar-refractivity contribution in [1.29, 1.82) is 0 Å². The van der Waals surface area contributed by atoms with Crippen molar-refractivity contribution in [2.45, 2.75) is 6.54 Å². The topological polar surface area (TPSA) is 57.8 Å². The number of amides is 1. The third-order valence-corrected chi connectivity index (χ3v) is 2.24. The van der Waals surface area contributed by atoms with Crippen LogP contribution in [-0.2, 0) is 11.3 Å². The second-order valence-corrected chi connectivity index (χ2v) is 3.54. The van der Waals surface area contributed by atoms with Gasteiger partial charge in [-0.05, 0) is 17.7 Å². The lowest BCUT2D eigenvalue weighted by atomic mass is 10.2. The van der Waals surface area contributed by atoms with Crippen LogP contribution in [0.25, 0.3) is 6.08 Å². The highest BCUT2D eigenvalue weighted by Crippen LogP contribution is 2.00. The van der Waals surface area contributed by atoms with Gasteiger partial charge in [0.2, 0.25) is 5.91 Å². The van der Waals surface area contributed by atoms with Gasteiger partial charge in [0.05, 0.1) is 12.2 Å². The quantitative estimate of drug-likeness (QED) is 0.782. The van der Waals surface area contributed by atoms with Gasteiger partial charge in [-0.25, -0.2) is 0 Å². The molecule has 4 nitrogen and oxygen atoms in total. The molecular weight excluding hydrogens is 214 g/mol. The fraction of sp³-hybridized carbons (Fsp3) is 0.0769. The fourth-order valence-corrected chi connectivity index (χ4v) is 1.36. The summed E-state index contributed by atoms with van der Waals surface area (Å²) in [6.45, 7) is 0.456. The molecule has 4 heteroatoms. The second-order valence-electron chi connectivity index (χ2n) is 3.54. The molecule has 0 radical (unpaired) electrons. The lowest BCUT2D eigenvalue weighted by molar-refractivity contribution is -0.116. The van der Waals surface area contributed by atoms with Gasteiger partial charge in [0, 0.05) is 12.3 Å². The highest BCUT2D eigenvalue weighted by atomic mass is 16.1. The predicted molar refractivity (Wildman–Crippen MR) is 65.9 cm³/mol. The van der Waals surface area contributed by atoms with Gasteiger partial charge in [-0.3, -0.25) is 9.89 Å². The number of nitrogens with one attached hydrogen (secondary N) is 2. The first-order valence-electron chi connectivity index (χ1n) is 5.34. The lowest BCUT2D eigenvalue weighted by Crippen LogP contribution is -2.20. The van der Waals surface area contributed by atoms with Crippen LogP contribution in [0.2, 0.25) is 0 Å². The van der Waals surface area contributed by atoms with E-state index in [1.807, 2.05) is 36.4 Å². The molecule has 0 unspecified atom stereocenters. The molecule has 2 rings (SSSR count). The van der Waals surface area contributed by atoms with Crippen LogP contribution < -0.4 is 5.32 Å². The molecule has 0 bridgehead atoms. The standard InChI is InChI=1S/C13H13N3O/c17-13(14-10-12-8-9-15-16-12)7-6-11-4-2-1-3-5-11/h1-9H,10H2,(H,14,17)(H,15,16). The van der Waals surface area contributed by atoms with Crippen LogP contribution in [0.5, 0.6) is 0 Å². The van der Waals surface area contributed by atoms with E-state index in [0.29, 0.717) is 6.54 Å². The Balaban J connectivity index is 1.83. The molecule has 1 aromatic carbocycles. The summed E-state index contributed by atoms with van der Waals surface area (Å²) in [6.07, 6.45) is 4.95. The molecule has 0 fully saturated rings. The lowest BCUT2D eigenvalue weighted by Gasteiger charge is -1.98. The van der Waals surface area contributed by atoms with Gasteiger partial charge in [-0.2, -0.15) is 5.10 Å². The summed E-state index contributed by atoms with van der Waals surface area (Å²) in [5.41, 5.74) is 1.88. The Morgan fingerprint density at radius 3 is 2.82 bits per heavy atom. The summed E-state index contributed by atoms with van der Waals surface area (Å²) < 4.78 is 0. The number of aromatic nitrogens is 2. The van der Waals surface area contributed by atoms with Crippen LogP contribution in [0.15, 0.2) is 48.7 Å². The number of carbonyl (C=O) groups excluding carboxylic acids is 1. The molecule has 0 aliphatic rings. The molecule has 0 atom stereocenters. The van der Waals surface area contributed by atoms with E-state index >= 15 is 0 Å². The molecule has 0 saturated heterocycles. The Morgan fingerprint density at radius 2 is 2.12 bits per heavy atom. The van der Waals surface area contributed by atoms with E-state index in [1.165, 1.54) is 6.08 Å². The number of hydrogen-bond donors (Lipinski definition) is 2. The van der Waals surface area contributed by atoms with Crippen LogP contribution in [0.3, 0.4) is 0 Å². The van der Waals surface area contributed by atoms with Gasteiger partial charge in [0.15, 0.2) is 0 Å². The first-order chi connectivity index (χ1) is 8.34. The first-order valence-corrected chi connectivity index (χ1v) is 5.34. The van der Waals surface area contributed by atoms with E-state index in [4.69, 9.17) is 0 Å². The Bertz CT molecular complexity index is 489. The normalized spacial score (nSPS) is 10.6. The molecule has 2 N–H and O–H groups in total. The van der Waals surface area contributed by atoms with Crippen LogP contribution in [0.1, 0.15) is 11.3 Å². The highest BCUT2D eigenvalue weighted by Gasteiger charge is 1.96. The maximum absolute atomic E-state index is 11.5. The number of aromatic amines is 1. The molecular formula is C13H13N3O. The molecule has 86 valence electrons. The van der Waals surface area contributed by atoms with Gasteiger partial charge in [-0.1, -0.05) is 30.3 Å². The number of benzene rings is 1. The molecule has 0 saturated carbocycles. The molecule has 1 amide bonds. The number of hydrogen-bond acceptors (Lipinski definition) is 2. The van der Waals surface area contributed by atoms with Crippen molar-refractivity contribution in [3.05, 3.63) is 59.9 Å². The molecule has 2 aromatic rings. The van der Waals surface area contributed by atoms with Crippen molar-refractivity contribution in [2.24, 2.45) is 0 Å². The number of carbonyl (C=O) groups is 1. The minimum atomic E-state index is -0.122. The van der Waals surface area contributed by atoms with Crippen molar-refractivity contribution < 1.29 is 4.79 Å². The first kappa shape index (κ1) is 11.1. The van der Waals surface area contributed by atoms with E-state index < -0.39 is 0 Å². The zero-order valence-electron chi connectivity index (χ0n) is 9.26. The molecule has 1 aromatic heterocycles. The molecule has 0 aliphatic heterocycles. The Kier molecular flexibility index (Phi) is 3.70. The minimum absolute atomic E-state index is 0.122. The summed E-state index contributed by atoms with van der Waals surface area (Å²) in [5.74, 6) is -0.122. The van der Waals surface area contributed by atoms with E-state index in [9.17, 15) is 4.79 Å². The second kappa shape index (κ2) is 5.65. The van der Waals surface area contributed by atoms with Crippen molar-refractivity contribution >= 4 is 12.0 Å². The van der Waals surface area contributed by atoms with Crippen LogP contribution >= 0.6 is 0 Å². The Labute approximate surface area is 99.4 Å². The Hall–Kier alpha value is -2.36. The number of nitrogens with zero attached hydrogens (tertiary/aromatic N) is 1. The predicted octanol–water partition coefficient (Wildman–Crippen LogP) is 1.74. The fourth-order valence-electron chi connectivity index (χ4n) is 1.36. The van der Waals surface area contributed by atoms with E-state index in [0.717, 1.165) is 11.3 Å². The number of rotatable bonds is 4. The zero-order chi connectivity index (χ0) is 11.9. The van der Waals surface area contributed by atoms with E-state index in [-0.39, 0.29) is 5.91 Å². The molecule has 1 heterocycles. The van der Waals surface area contributed by atoms with E-state index in [1.54, 1.807) is 12.3 Å². The summed E-state index contributed by atoms with van der Waals surface area (Å²) in [6, 6.07) is 11.5. The largest absolute Gasteiger partial charge is 0.347 e. The smallest absolute Gasteiger partial charge is 0.244 e. The summed E-state index contributed by atoms with van der Waals surface area (Å²) in [4.78, 5) is 11.5. The van der Waals surface area contributed by atoms with Crippen molar-refractivity contribution in [1.82, 2.24) is 15.5 Å². The van der Waals surface area contributed by atoms with Gasteiger partial charge in [0.1, 0.15) is 0 Å². The average molecular weight is 227 g/mol. The SMILES string of the molecule is O=C(C=Cc1ccccc1)NCc1ccn[nH]1. The summed E-state index contributed by atoms with van der Waals surface area (Å²) in [7, 11) is 0. The number of H-pyrrole nitrogens is 1. The maximum atomic E-state index is 11.5. The monoisotopic (exact) mass is 227 g/mol. The Morgan fingerprint density at radius 1 is 1.29 bits per heavy atom. The molecule has 17 heavy (non-hydrogen) atoms. The van der Waals surface area contributed by atoms with Crippen molar-refractivity contribution in [3.8, 4) is 0 Å². The van der Waals surface area contributed by atoms with E-state index in [2.05, 4.69) is 15.5 Å². The van der Waals surface area contributed by atoms with Crippen LogP contribution in [-0.4, -0.2) is 16.1 Å². The van der Waals surface area contributed by atoms with Crippen LogP contribution in [0, 0.1) is 0 Å². The average Bonchev–Trinajstić information content (AvgIpc) is 2.88. The van der Waals surface area contributed by atoms with Crippen molar-refractivity contribution in [3.63, 3.8) is 0 Å². The highest BCUT2D eigenvalue weighted by molar-refractivity contribution is 5.91. The van der Waals surface area contributed by atoms with Crippen molar-refractivity contribution in [2.75, 3.05) is 0 Å². The summed E-state index contributed by atoms with van der Waals surface area (Å²) >= 11 is 0. The van der Waals surface area contributed by atoms with Crippen LogP contribution in [0.4, 0.5) is 0 Å². The molecule has 0 spiro atoms. The maximum Gasteiger partial charge on any atom is 0.244 e. The van der Waals surface area contributed by atoms with Gasteiger partial charge < -0.3 is 5.32 Å². The molecule has 0 aliphatic carbocycles. The summed E-state index contributed by atoms with van der Waals surface area (Å²) in [5, 5.41) is 9.34. The zero-order valence-corrected chi connectivity index (χ0v) is 9.26.